The van der Waals surface area contributed by atoms with E-state index in [1.165, 1.54) is 17.8 Å². The molecule has 1 aliphatic rings. The third-order valence-corrected chi connectivity index (χ3v) is 4.33. The molecule has 5 heteroatoms. The monoisotopic (exact) mass is 338 g/mol. The Bertz CT molecular complexity index is 755. The molecule has 0 saturated heterocycles. The maximum atomic E-state index is 12.2. The van der Waals surface area contributed by atoms with E-state index in [1.807, 2.05) is 30.3 Å². The molecule has 3 rings (SSSR count). The fourth-order valence-corrected chi connectivity index (χ4v) is 2.79. The van der Waals surface area contributed by atoms with Crippen molar-refractivity contribution >= 4 is 29.3 Å². The molecule has 0 aromatic heterocycles. The van der Waals surface area contributed by atoms with Gasteiger partial charge in [0.25, 0.3) is 5.91 Å². The van der Waals surface area contributed by atoms with Gasteiger partial charge in [0.1, 0.15) is 0 Å². The van der Waals surface area contributed by atoms with Gasteiger partial charge in [-0.05, 0) is 42.5 Å². The lowest BCUT2D eigenvalue weighted by Gasteiger charge is -2.09. The number of para-hydroxylation sites is 1. The Morgan fingerprint density at radius 2 is 1.71 bits per heavy atom. The first-order chi connectivity index (χ1) is 11.7. The van der Waals surface area contributed by atoms with Crippen LogP contribution in [0, 0.1) is 0 Å². The van der Waals surface area contributed by atoms with Crippen LogP contribution in [0.5, 0.6) is 0 Å². The van der Waals surface area contributed by atoms with Gasteiger partial charge in [-0.1, -0.05) is 42.1 Å². The molecule has 0 bridgehead atoms. The number of benzene rings is 2. The van der Waals surface area contributed by atoms with Crippen molar-refractivity contribution < 1.29 is 9.59 Å². The van der Waals surface area contributed by atoms with Crippen LogP contribution in [0.3, 0.4) is 0 Å². The third kappa shape index (κ3) is 4.73. The minimum absolute atomic E-state index is 0.143. The zero-order valence-electron chi connectivity index (χ0n) is 13.1. The Kier molecular flexibility index (Phi) is 5.33. The largest absolute Gasteiger partial charge is 0.349 e. The van der Waals surface area contributed by atoms with E-state index in [0.717, 1.165) is 17.7 Å². The van der Waals surface area contributed by atoms with Crippen LogP contribution in [0.25, 0.3) is 0 Å². The lowest BCUT2D eigenvalue weighted by molar-refractivity contribution is -0.111. The number of hydrogen-bond donors (Lipinski definition) is 2. The smallest absolute Gasteiger partial charge is 0.253 e. The zero-order chi connectivity index (χ0) is 16.8. The predicted octanol–water partition coefficient (Wildman–Crippen LogP) is 3.82. The van der Waals surface area contributed by atoms with E-state index in [9.17, 15) is 9.59 Å². The number of thioether (sulfide) groups is 1. The molecule has 0 heterocycles. The summed E-state index contributed by atoms with van der Waals surface area (Å²) in [7, 11) is 0. The number of nitrogens with one attached hydrogen (secondary N) is 2. The second-order valence-corrected chi connectivity index (χ2v) is 6.50. The normalized spacial score (nSPS) is 13.7. The summed E-state index contributed by atoms with van der Waals surface area (Å²) in [4.78, 5) is 25.3. The summed E-state index contributed by atoms with van der Waals surface area (Å²) in [5, 5.41) is 7.44. The molecule has 2 aromatic rings. The van der Waals surface area contributed by atoms with Crippen molar-refractivity contribution in [1.29, 1.82) is 0 Å². The molecular weight excluding hydrogens is 320 g/mol. The summed E-state index contributed by atoms with van der Waals surface area (Å²) in [5.41, 5.74) is 1.01. The Balaban J connectivity index is 1.60. The highest BCUT2D eigenvalue weighted by Crippen LogP contribution is 2.22. The summed E-state index contributed by atoms with van der Waals surface area (Å²) < 4.78 is 0. The van der Waals surface area contributed by atoms with E-state index >= 15 is 0 Å². The molecule has 2 amide bonds. The van der Waals surface area contributed by atoms with Gasteiger partial charge in [-0.15, -0.1) is 0 Å². The molecule has 4 nitrogen and oxygen atoms in total. The van der Waals surface area contributed by atoms with Gasteiger partial charge >= 0.3 is 0 Å². The van der Waals surface area contributed by atoms with Crippen LogP contribution in [-0.4, -0.2) is 17.9 Å². The molecule has 0 radical (unpaired) electrons. The average Bonchev–Trinajstić information content (AvgIpc) is 3.40. The van der Waals surface area contributed by atoms with Gasteiger partial charge in [-0.3, -0.25) is 9.59 Å². The molecule has 1 fully saturated rings. The SMILES string of the molecule is O=C(C=CSc1ccccc1)Nc1ccccc1C(=O)NC1CC1. The summed E-state index contributed by atoms with van der Waals surface area (Å²) in [6.45, 7) is 0. The van der Waals surface area contributed by atoms with Crippen LogP contribution < -0.4 is 10.6 Å². The Morgan fingerprint density at radius 3 is 2.46 bits per heavy atom. The van der Waals surface area contributed by atoms with Gasteiger partial charge in [0.2, 0.25) is 5.91 Å². The van der Waals surface area contributed by atoms with Crippen LogP contribution in [0.2, 0.25) is 0 Å². The first-order valence-corrected chi connectivity index (χ1v) is 8.69. The number of carbonyl (C=O) groups excluding carboxylic acids is 2. The van der Waals surface area contributed by atoms with Crippen LogP contribution >= 0.6 is 11.8 Å². The van der Waals surface area contributed by atoms with Gasteiger partial charge in [-0.25, -0.2) is 0 Å². The molecule has 1 aliphatic carbocycles. The summed E-state index contributed by atoms with van der Waals surface area (Å²) in [6.07, 6.45) is 3.52. The Morgan fingerprint density at radius 1 is 1.00 bits per heavy atom. The van der Waals surface area contributed by atoms with Crippen molar-refractivity contribution in [2.45, 2.75) is 23.8 Å². The van der Waals surface area contributed by atoms with Crippen molar-refractivity contribution in [3.8, 4) is 0 Å². The van der Waals surface area contributed by atoms with Crippen molar-refractivity contribution in [3.05, 3.63) is 71.6 Å². The quantitative estimate of drug-likeness (QED) is 0.622. The second-order valence-electron chi connectivity index (χ2n) is 5.52. The third-order valence-electron chi connectivity index (χ3n) is 3.51. The average molecular weight is 338 g/mol. The van der Waals surface area contributed by atoms with Crippen molar-refractivity contribution in [1.82, 2.24) is 5.32 Å². The fraction of sp³-hybridized carbons (Fsp3) is 0.158. The molecule has 0 spiro atoms. The van der Waals surface area contributed by atoms with E-state index in [1.54, 1.807) is 29.7 Å². The number of carbonyl (C=O) groups is 2. The van der Waals surface area contributed by atoms with Crippen molar-refractivity contribution in [2.75, 3.05) is 5.32 Å². The standard InChI is InChI=1S/C19H18N2O2S/c22-18(12-13-24-15-6-2-1-3-7-15)21-17-9-5-4-8-16(17)19(23)20-14-10-11-14/h1-9,12-14H,10-11H2,(H,20,23)(H,21,22). The first kappa shape index (κ1) is 16.3. The van der Waals surface area contributed by atoms with Crippen molar-refractivity contribution in [2.24, 2.45) is 0 Å². The van der Waals surface area contributed by atoms with Crippen LogP contribution in [0.15, 0.2) is 71.0 Å². The van der Waals surface area contributed by atoms with Gasteiger partial charge < -0.3 is 10.6 Å². The van der Waals surface area contributed by atoms with E-state index in [-0.39, 0.29) is 17.9 Å². The highest BCUT2D eigenvalue weighted by molar-refractivity contribution is 8.02. The Hall–Kier alpha value is -2.53. The van der Waals surface area contributed by atoms with Crippen LogP contribution in [0.4, 0.5) is 5.69 Å². The second kappa shape index (κ2) is 7.84. The minimum atomic E-state index is -0.259. The topological polar surface area (TPSA) is 58.2 Å². The van der Waals surface area contributed by atoms with E-state index in [4.69, 9.17) is 0 Å². The maximum absolute atomic E-state index is 12.2. The molecule has 2 N–H and O–H groups in total. The predicted molar refractivity (Wildman–Crippen MR) is 97.0 cm³/mol. The first-order valence-electron chi connectivity index (χ1n) is 7.81. The summed E-state index contributed by atoms with van der Waals surface area (Å²) >= 11 is 1.47. The van der Waals surface area contributed by atoms with E-state index in [0.29, 0.717) is 11.3 Å². The summed E-state index contributed by atoms with van der Waals surface area (Å²) in [6, 6.07) is 17.1. The van der Waals surface area contributed by atoms with Gasteiger partial charge in [0.05, 0.1) is 11.3 Å². The van der Waals surface area contributed by atoms with Crippen LogP contribution in [-0.2, 0) is 4.79 Å². The molecule has 1 saturated carbocycles. The molecule has 0 aliphatic heterocycles. The Labute approximate surface area is 145 Å². The van der Waals surface area contributed by atoms with Gasteiger partial charge in [0.15, 0.2) is 0 Å². The molecule has 2 aromatic carbocycles. The summed E-state index contributed by atoms with van der Waals surface area (Å²) in [5.74, 6) is -0.402. The number of anilines is 1. The molecule has 0 unspecified atom stereocenters. The fourth-order valence-electron chi connectivity index (χ4n) is 2.13. The number of amides is 2. The van der Waals surface area contributed by atoms with Crippen molar-refractivity contribution in [3.63, 3.8) is 0 Å². The van der Waals surface area contributed by atoms with E-state index < -0.39 is 0 Å². The van der Waals surface area contributed by atoms with Gasteiger partial charge in [-0.2, -0.15) is 0 Å². The molecule has 0 atom stereocenters. The highest BCUT2D eigenvalue weighted by Gasteiger charge is 2.24. The maximum Gasteiger partial charge on any atom is 0.253 e. The zero-order valence-corrected chi connectivity index (χ0v) is 13.9. The number of hydrogen-bond acceptors (Lipinski definition) is 3. The molecule has 122 valence electrons. The van der Waals surface area contributed by atoms with Crippen LogP contribution in [0.1, 0.15) is 23.2 Å². The molecule has 24 heavy (non-hydrogen) atoms. The minimum Gasteiger partial charge on any atom is -0.349 e. The van der Waals surface area contributed by atoms with Gasteiger partial charge in [0, 0.05) is 17.0 Å². The lowest BCUT2D eigenvalue weighted by Crippen LogP contribution is -2.26. The number of rotatable bonds is 6. The van der Waals surface area contributed by atoms with E-state index in [2.05, 4.69) is 10.6 Å². The molecular formula is C19H18N2O2S. The lowest BCUT2D eigenvalue weighted by atomic mass is 10.1. The highest BCUT2D eigenvalue weighted by atomic mass is 32.2.